The average molecular weight is 426 g/mol. The standard InChI is InChI=1S/C24H38N2O4/c1-14(2)9-17-13-26-8-7-16-10-21(28-5)22(29-6)11-18(16)19(26)12-20(17)30-24(27)23(25)15(3)4/h10-11,14-15,17,19-20,23H,7-9,12-13,25H2,1-6H3/t17?,19?,20?,23-/m0/s1/i5D3,10D,11D,19D,20D. The molecule has 168 valence electrons. The van der Waals surface area contributed by atoms with Crippen LogP contribution in [0, 0.1) is 17.8 Å². The van der Waals surface area contributed by atoms with Gasteiger partial charge in [-0.3, -0.25) is 9.69 Å². The maximum Gasteiger partial charge on any atom is 0.323 e. The van der Waals surface area contributed by atoms with Crippen molar-refractivity contribution < 1.29 is 28.6 Å². The summed E-state index contributed by atoms with van der Waals surface area (Å²) in [6.45, 7) is 8.23. The van der Waals surface area contributed by atoms with Crippen LogP contribution in [0.1, 0.15) is 67.3 Å². The number of esters is 1. The summed E-state index contributed by atoms with van der Waals surface area (Å²) in [7, 11) is -1.62. The Kier molecular flexibility index (Phi) is 4.81. The van der Waals surface area contributed by atoms with E-state index in [0.29, 0.717) is 24.9 Å². The summed E-state index contributed by atoms with van der Waals surface area (Å²) in [5.74, 6) is -1.74. The van der Waals surface area contributed by atoms with Crippen molar-refractivity contribution in [2.24, 2.45) is 23.5 Å². The Bertz CT molecular complexity index is 1040. The lowest BCUT2D eigenvalue weighted by atomic mass is 9.79. The van der Waals surface area contributed by atoms with Gasteiger partial charge in [0.2, 0.25) is 0 Å². The van der Waals surface area contributed by atoms with Gasteiger partial charge in [-0.25, -0.2) is 0 Å². The molecule has 0 aromatic heterocycles. The van der Waals surface area contributed by atoms with Crippen LogP contribution in [0.3, 0.4) is 0 Å². The van der Waals surface area contributed by atoms with E-state index in [9.17, 15) is 7.54 Å². The van der Waals surface area contributed by atoms with Gasteiger partial charge in [-0.1, -0.05) is 27.7 Å². The van der Waals surface area contributed by atoms with Crippen LogP contribution in [0.15, 0.2) is 12.1 Å². The molecule has 2 aliphatic heterocycles. The summed E-state index contributed by atoms with van der Waals surface area (Å²) in [5, 5.41) is 0. The van der Waals surface area contributed by atoms with Gasteiger partial charge in [0.25, 0.3) is 0 Å². The van der Waals surface area contributed by atoms with Crippen molar-refractivity contribution in [3.8, 4) is 11.5 Å². The number of hydrogen-bond acceptors (Lipinski definition) is 6. The molecule has 1 saturated heterocycles. The number of carbonyl (C=O) groups is 1. The molecule has 2 N–H and O–H groups in total. The zero-order chi connectivity index (χ0) is 28.1. The largest absolute Gasteiger partial charge is 0.493 e. The van der Waals surface area contributed by atoms with Crippen LogP contribution in [0.5, 0.6) is 11.5 Å². The molecule has 6 heteroatoms. The minimum absolute atomic E-state index is 0.141. The van der Waals surface area contributed by atoms with E-state index < -0.39 is 37.1 Å². The number of hydrogen-bond donors (Lipinski definition) is 1. The Morgan fingerprint density at radius 2 is 2.07 bits per heavy atom. The Hall–Kier alpha value is -1.79. The highest BCUT2D eigenvalue weighted by molar-refractivity contribution is 5.76. The molecule has 3 unspecified atom stereocenters. The fraction of sp³-hybridized carbons (Fsp3) is 0.708. The van der Waals surface area contributed by atoms with Gasteiger partial charge in [-0.05, 0) is 47.9 Å². The second kappa shape index (κ2) is 9.56. The Morgan fingerprint density at radius 1 is 1.33 bits per heavy atom. The predicted octanol–water partition coefficient (Wildman–Crippen LogP) is 3.56. The topological polar surface area (TPSA) is 74.0 Å². The maximum absolute atomic E-state index is 12.9. The van der Waals surface area contributed by atoms with Crippen LogP contribution in [0.25, 0.3) is 0 Å². The van der Waals surface area contributed by atoms with E-state index >= 15 is 0 Å². The van der Waals surface area contributed by atoms with Gasteiger partial charge < -0.3 is 19.9 Å². The number of piperidine rings is 1. The molecule has 0 amide bonds. The number of benzene rings is 1. The van der Waals surface area contributed by atoms with E-state index in [0.717, 1.165) is 0 Å². The summed E-state index contributed by atoms with van der Waals surface area (Å²) < 4.78 is 75.0. The molecule has 1 fully saturated rings. The molecule has 3 rings (SSSR count). The first-order chi connectivity index (χ1) is 16.9. The molecule has 4 atom stereocenters. The van der Waals surface area contributed by atoms with Crippen molar-refractivity contribution in [3.63, 3.8) is 0 Å². The van der Waals surface area contributed by atoms with Gasteiger partial charge in [0.1, 0.15) is 12.1 Å². The molecule has 2 heterocycles. The summed E-state index contributed by atoms with van der Waals surface area (Å²) in [4.78, 5) is 14.8. The maximum atomic E-state index is 12.9. The van der Waals surface area contributed by atoms with E-state index in [1.54, 1.807) is 13.8 Å². The van der Waals surface area contributed by atoms with Gasteiger partial charge in [0, 0.05) is 31.4 Å². The second-order valence-electron chi connectivity index (χ2n) is 8.87. The highest BCUT2D eigenvalue weighted by atomic mass is 16.5. The minimum Gasteiger partial charge on any atom is -0.493 e. The quantitative estimate of drug-likeness (QED) is 0.673. The zero-order valence-electron chi connectivity index (χ0n) is 25.5. The number of carbonyl (C=O) groups excluding carboxylic acids is 1. The average Bonchev–Trinajstić information content (AvgIpc) is 2.75. The van der Waals surface area contributed by atoms with Crippen LogP contribution < -0.4 is 15.2 Å². The summed E-state index contributed by atoms with van der Waals surface area (Å²) >= 11 is 0. The molecule has 0 saturated carbocycles. The number of fused-ring (bicyclic) bond motifs is 3. The summed E-state index contributed by atoms with van der Waals surface area (Å²) in [5.41, 5.74) is 6.47. The number of nitrogens with two attached hydrogens (primary N) is 1. The van der Waals surface area contributed by atoms with Crippen LogP contribution in [0.4, 0.5) is 0 Å². The SMILES string of the molecule is [2H]c1c2c(c([2H])c(OC)c1OC([2H])([2H])[2H])C1([2H])CC([2H])(OC(=O)[C@@H](N)C(C)C)C(CC(C)C)CN1CC2. The Balaban J connectivity index is 2.15. The number of rotatable bonds is 7. The summed E-state index contributed by atoms with van der Waals surface area (Å²) in [6.07, 6.45) is -1.19. The normalized spacial score (nSPS) is 33.6. The highest BCUT2D eigenvalue weighted by Crippen LogP contribution is 2.44. The molecule has 0 spiro atoms. The lowest BCUT2D eigenvalue weighted by Crippen LogP contribution is -2.51. The third kappa shape index (κ3) is 4.75. The third-order valence-electron chi connectivity index (χ3n) is 5.83. The van der Waals surface area contributed by atoms with E-state index in [2.05, 4.69) is 0 Å². The van der Waals surface area contributed by atoms with E-state index in [-0.39, 0.29) is 53.9 Å². The Labute approximate surface area is 190 Å². The molecule has 0 aliphatic carbocycles. The molecule has 6 nitrogen and oxygen atoms in total. The fourth-order valence-corrected chi connectivity index (χ4v) is 4.13. The number of methoxy groups -OCH3 is 2. The van der Waals surface area contributed by atoms with Gasteiger partial charge in [-0.15, -0.1) is 0 Å². The third-order valence-corrected chi connectivity index (χ3v) is 5.83. The van der Waals surface area contributed by atoms with E-state index in [1.165, 1.54) is 7.11 Å². The molecular weight excluding hydrogens is 380 g/mol. The zero-order valence-corrected chi connectivity index (χ0v) is 18.5. The van der Waals surface area contributed by atoms with Crippen LogP contribution >= 0.6 is 0 Å². The molecule has 30 heavy (non-hydrogen) atoms. The summed E-state index contributed by atoms with van der Waals surface area (Å²) in [6, 6.07) is -3.15. The molecule has 1 aromatic rings. The minimum atomic E-state index is -2.86. The van der Waals surface area contributed by atoms with Crippen molar-refractivity contribution in [2.75, 3.05) is 27.2 Å². The lowest BCUT2D eigenvalue weighted by molar-refractivity contribution is -0.160. The van der Waals surface area contributed by atoms with Gasteiger partial charge in [0.15, 0.2) is 11.5 Å². The van der Waals surface area contributed by atoms with Crippen molar-refractivity contribution in [1.29, 1.82) is 0 Å². The molecule has 0 bridgehead atoms. The van der Waals surface area contributed by atoms with Crippen LogP contribution in [-0.2, 0) is 16.0 Å². The monoisotopic (exact) mass is 425 g/mol. The van der Waals surface area contributed by atoms with Crippen LogP contribution in [0.2, 0.25) is 0 Å². The van der Waals surface area contributed by atoms with Crippen molar-refractivity contribution in [1.82, 2.24) is 4.90 Å². The van der Waals surface area contributed by atoms with Crippen molar-refractivity contribution >= 4 is 5.97 Å². The number of ether oxygens (including phenoxy) is 3. The van der Waals surface area contributed by atoms with E-state index in [4.69, 9.17) is 26.8 Å². The van der Waals surface area contributed by atoms with Gasteiger partial charge in [0.05, 0.1) is 23.7 Å². The first kappa shape index (κ1) is 15.1. The first-order valence-corrected chi connectivity index (χ1v) is 10.6. The fourth-order valence-electron chi connectivity index (χ4n) is 4.13. The van der Waals surface area contributed by atoms with Gasteiger partial charge in [-0.2, -0.15) is 0 Å². The lowest BCUT2D eigenvalue weighted by Gasteiger charge is -2.47. The molecular formula is C24H38N2O4. The smallest absolute Gasteiger partial charge is 0.323 e. The molecule has 0 radical (unpaired) electrons. The number of nitrogens with zero attached hydrogens (tertiary/aromatic N) is 1. The van der Waals surface area contributed by atoms with Crippen molar-refractivity contribution in [3.05, 3.63) is 23.2 Å². The predicted molar refractivity (Wildman–Crippen MR) is 118 cm³/mol. The highest BCUT2D eigenvalue weighted by Gasteiger charge is 2.41. The van der Waals surface area contributed by atoms with E-state index in [1.807, 2.05) is 18.7 Å². The van der Waals surface area contributed by atoms with Gasteiger partial charge >= 0.3 is 5.97 Å². The first-order valence-electron chi connectivity index (χ1n) is 14.1. The second-order valence-corrected chi connectivity index (χ2v) is 8.87. The van der Waals surface area contributed by atoms with Crippen molar-refractivity contribution in [2.45, 2.75) is 65.1 Å². The molecule has 2 aliphatic rings. The molecule has 1 aromatic carbocycles. The van der Waals surface area contributed by atoms with Crippen LogP contribution in [-0.4, -0.2) is 50.2 Å². The Morgan fingerprint density at radius 3 is 2.70 bits per heavy atom.